The van der Waals surface area contributed by atoms with E-state index in [1.807, 2.05) is 0 Å². The van der Waals surface area contributed by atoms with E-state index in [0.29, 0.717) is 6.42 Å². The topological polar surface area (TPSA) is 87.7 Å². The smallest absolute Gasteiger partial charge is 0.450 e. The van der Waals surface area contributed by atoms with Crippen molar-refractivity contribution in [1.82, 2.24) is 10.6 Å². The van der Waals surface area contributed by atoms with Crippen molar-refractivity contribution in [3.8, 4) is 0 Å². The van der Waals surface area contributed by atoms with Crippen LogP contribution in [0.4, 0.5) is 4.79 Å². The first-order valence-corrected chi connectivity index (χ1v) is 5.72. The number of ether oxygens (including phenoxy) is 1. The molecule has 0 atom stereocenters. The zero-order valence-corrected chi connectivity index (χ0v) is 9.49. The van der Waals surface area contributed by atoms with E-state index in [9.17, 15) is 9.59 Å². The maximum atomic E-state index is 11.5. The molecule has 2 rings (SSSR count). The lowest BCUT2D eigenvalue weighted by Crippen LogP contribution is -2.51. The van der Waals surface area contributed by atoms with Crippen molar-refractivity contribution in [1.29, 1.82) is 0 Å². The number of carbonyl (C=O) groups is 2. The van der Waals surface area contributed by atoms with Gasteiger partial charge in [-0.25, -0.2) is 4.79 Å². The van der Waals surface area contributed by atoms with Gasteiger partial charge in [-0.2, -0.15) is 0 Å². The Balaban J connectivity index is 1.99. The summed E-state index contributed by atoms with van der Waals surface area (Å²) in [4.78, 5) is 21.7. The van der Waals surface area contributed by atoms with E-state index in [2.05, 4.69) is 15.4 Å². The molecule has 2 heterocycles. The van der Waals surface area contributed by atoms with Crippen molar-refractivity contribution in [2.45, 2.75) is 24.8 Å². The molecule has 1 amide bonds. The average Bonchev–Trinajstić information content (AvgIpc) is 2.55. The number of carbonyl (C=O) groups excluding carboxylic acids is 1. The number of carboxylic acid groups (broad SMARTS) is 1. The molecule has 0 aromatic rings. The van der Waals surface area contributed by atoms with Crippen LogP contribution in [0.5, 0.6) is 0 Å². The van der Waals surface area contributed by atoms with E-state index in [4.69, 9.17) is 5.11 Å². The van der Waals surface area contributed by atoms with E-state index in [1.165, 1.54) is 0 Å². The number of hydrogen-bond acceptors (Lipinski definition) is 4. The summed E-state index contributed by atoms with van der Waals surface area (Å²) in [6.45, 7) is 1.82. The second-order valence-electron chi connectivity index (χ2n) is 4.36. The Morgan fingerprint density at radius 1 is 1.47 bits per heavy atom. The first-order chi connectivity index (χ1) is 8.12. The zero-order chi connectivity index (χ0) is 12.3. The predicted octanol–water partition coefficient (Wildman–Crippen LogP) is 0.249. The Morgan fingerprint density at radius 2 is 2.18 bits per heavy atom. The molecular formula is C11H16N2O4. The normalized spacial score (nSPS) is 22.1. The van der Waals surface area contributed by atoms with Crippen molar-refractivity contribution >= 4 is 12.1 Å². The summed E-state index contributed by atoms with van der Waals surface area (Å²) in [6, 6.07) is 0. The maximum Gasteiger partial charge on any atom is 0.505 e. The van der Waals surface area contributed by atoms with Crippen LogP contribution in [-0.4, -0.2) is 42.4 Å². The third-order valence-corrected chi connectivity index (χ3v) is 3.34. The molecule has 2 aliphatic rings. The number of rotatable bonds is 3. The van der Waals surface area contributed by atoms with E-state index in [1.54, 1.807) is 6.08 Å². The van der Waals surface area contributed by atoms with Gasteiger partial charge in [0.15, 0.2) is 0 Å². The molecule has 1 spiro atoms. The molecule has 3 N–H and O–H groups in total. The molecule has 6 nitrogen and oxygen atoms in total. The van der Waals surface area contributed by atoms with Crippen molar-refractivity contribution in [2.75, 3.05) is 19.7 Å². The highest BCUT2D eigenvalue weighted by Gasteiger charge is 2.40. The van der Waals surface area contributed by atoms with Crippen LogP contribution in [0.3, 0.4) is 0 Å². The van der Waals surface area contributed by atoms with Gasteiger partial charge in [0.1, 0.15) is 0 Å². The second kappa shape index (κ2) is 4.75. The molecule has 0 saturated carbocycles. The van der Waals surface area contributed by atoms with Crippen LogP contribution < -0.4 is 10.6 Å². The molecule has 0 radical (unpaired) electrons. The summed E-state index contributed by atoms with van der Waals surface area (Å²) < 4.78 is 4.49. The van der Waals surface area contributed by atoms with Crippen LogP contribution in [0.15, 0.2) is 11.6 Å². The second-order valence-corrected chi connectivity index (χ2v) is 4.36. The molecule has 0 aromatic heterocycles. The average molecular weight is 240 g/mol. The summed E-state index contributed by atoms with van der Waals surface area (Å²) in [5, 5.41) is 14.6. The maximum absolute atomic E-state index is 11.5. The van der Waals surface area contributed by atoms with Gasteiger partial charge >= 0.3 is 6.16 Å². The van der Waals surface area contributed by atoms with E-state index < -0.39 is 6.16 Å². The first kappa shape index (κ1) is 11.9. The fraction of sp³-hybridized carbons (Fsp3) is 0.636. The number of piperidine rings is 1. The molecule has 2 aliphatic heterocycles. The number of hydrogen-bond donors (Lipinski definition) is 3. The van der Waals surface area contributed by atoms with Gasteiger partial charge in [-0.05, 0) is 31.5 Å². The molecule has 0 aromatic carbocycles. The van der Waals surface area contributed by atoms with E-state index >= 15 is 0 Å². The van der Waals surface area contributed by atoms with Gasteiger partial charge in [-0.3, -0.25) is 4.79 Å². The third-order valence-electron chi connectivity index (χ3n) is 3.34. The molecule has 0 unspecified atom stereocenters. The van der Waals surface area contributed by atoms with Gasteiger partial charge in [-0.1, -0.05) is 0 Å². The van der Waals surface area contributed by atoms with Gasteiger partial charge < -0.3 is 20.5 Å². The lowest BCUT2D eigenvalue weighted by atomic mass is 9.81. The number of nitrogens with one attached hydrogen (secondary N) is 2. The summed E-state index contributed by atoms with van der Waals surface area (Å²) >= 11 is 0. The third kappa shape index (κ3) is 2.58. The fourth-order valence-electron chi connectivity index (χ4n) is 2.51. The highest BCUT2D eigenvalue weighted by Crippen LogP contribution is 2.32. The SMILES string of the molecule is O=C1C=C(CCOC(=O)O)C2(CCNCC2)N1. The first-order valence-electron chi connectivity index (χ1n) is 5.72. The lowest BCUT2D eigenvalue weighted by molar-refractivity contribution is -0.117. The minimum absolute atomic E-state index is 0.0859. The van der Waals surface area contributed by atoms with E-state index in [-0.39, 0.29) is 18.1 Å². The molecule has 0 bridgehead atoms. The Kier molecular flexibility index (Phi) is 3.33. The monoisotopic (exact) mass is 240 g/mol. The van der Waals surface area contributed by atoms with Crippen LogP contribution in [0, 0.1) is 0 Å². The van der Waals surface area contributed by atoms with Crippen LogP contribution >= 0.6 is 0 Å². The molecular weight excluding hydrogens is 224 g/mol. The Labute approximate surface area is 99.0 Å². The summed E-state index contributed by atoms with van der Waals surface area (Å²) in [5.74, 6) is -0.0859. The highest BCUT2D eigenvalue weighted by molar-refractivity contribution is 5.93. The van der Waals surface area contributed by atoms with E-state index in [0.717, 1.165) is 31.5 Å². The van der Waals surface area contributed by atoms with Gasteiger partial charge in [0, 0.05) is 12.5 Å². The molecule has 94 valence electrons. The summed E-state index contributed by atoms with van der Waals surface area (Å²) in [5.41, 5.74) is 0.690. The van der Waals surface area contributed by atoms with Crippen molar-refractivity contribution in [3.05, 3.63) is 11.6 Å². The largest absolute Gasteiger partial charge is 0.505 e. The number of amides is 1. The predicted molar refractivity (Wildman–Crippen MR) is 59.7 cm³/mol. The van der Waals surface area contributed by atoms with Crippen LogP contribution in [0.2, 0.25) is 0 Å². The van der Waals surface area contributed by atoms with Crippen LogP contribution in [-0.2, 0) is 9.53 Å². The highest BCUT2D eigenvalue weighted by atomic mass is 16.7. The Bertz CT molecular complexity index is 358. The van der Waals surface area contributed by atoms with Crippen molar-refractivity contribution in [3.63, 3.8) is 0 Å². The molecule has 1 fully saturated rings. The molecule has 1 saturated heterocycles. The molecule has 0 aliphatic carbocycles. The van der Waals surface area contributed by atoms with Crippen molar-refractivity contribution < 1.29 is 19.4 Å². The minimum Gasteiger partial charge on any atom is -0.450 e. The van der Waals surface area contributed by atoms with Gasteiger partial charge in [0.2, 0.25) is 5.91 Å². The molecule has 17 heavy (non-hydrogen) atoms. The minimum atomic E-state index is -1.28. The van der Waals surface area contributed by atoms with Crippen LogP contribution in [0.25, 0.3) is 0 Å². The summed E-state index contributed by atoms with van der Waals surface area (Å²) in [6.07, 6.45) is 2.47. The molecule has 6 heteroatoms. The quantitative estimate of drug-likeness (QED) is 0.615. The van der Waals surface area contributed by atoms with Gasteiger partial charge in [0.25, 0.3) is 0 Å². The van der Waals surface area contributed by atoms with Gasteiger partial charge in [0.05, 0.1) is 12.1 Å². The Hall–Kier alpha value is -1.56. The fourth-order valence-corrected chi connectivity index (χ4v) is 2.51. The van der Waals surface area contributed by atoms with Crippen molar-refractivity contribution in [2.24, 2.45) is 0 Å². The standard InChI is InChI=1S/C11H16N2O4/c14-9-7-8(1-6-17-10(15)16)11(13-9)2-4-12-5-3-11/h7,12H,1-6H2,(H,13,14)(H,15,16). The zero-order valence-electron chi connectivity index (χ0n) is 9.49. The lowest BCUT2D eigenvalue weighted by Gasteiger charge is -2.36. The summed E-state index contributed by atoms with van der Waals surface area (Å²) in [7, 11) is 0. The van der Waals surface area contributed by atoms with Gasteiger partial charge in [-0.15, -0.1) is 0 Å². The van der Waals surface area contributed by atoms with Crippen LogP contribution in [0.1, 0.15) is 19.3 Å². The Morgan fingerprint density at radius 3 is 2.82 bits per heavy atom.